The number of aromatic nitrogens is 3. The summed E-state index contributed by atoms with van der Waals surface area (Å²) in [5.41, 5.74) is 20.5. The first-order valence-corrected chi connectivity index (χ1v) is 32.2. The first-order chi connectivity index (χ1) is 34.9. The quantitative estimate of drug-likeness (QED) is 0.0758. The third-order valence-corrected chi connectivity index (χ3v) is 17.8. The standard InChI is InChI=1S/C67H60N3Si2.Ir/c1-71(2,3)61-36-38-65(69-46-61)56-24-20-48(21-25-56)16-18-50-42-51(19-17-49-22-26-57(27-23-49)66-39-37-62(47-70-66)72(4,5)6)44-60(43-50)64-15-11-10-14-63(64)55-32-34-58(35-33-55)67-45-59(40-41-68-67)54-30-28-53(29-31-54)52-12-8-7-9-13-52;/h7-15,20-24,26,28-34,36-47H,16-19H2,1-6H3;/q-3;+3. The molecule has 3 heterocycles. The van der Waals surface area contributed by atoms with E-state index in [-0.39, 0.29) is 20.1 Å². The molecule has 3 aromatic heterocycles. The van der Waals surface area contributed by atoms with Crippen LogP contribution in [0.5, 0.6) is 0 Å². The van der Waals surface area contributed by atoms with Gasteiger partial charge in [-0.3, -0.25) is 0 Å². The van der Waals surface area contributed by atoms with E-state index in [9.17, 15) is 0 Å². The number of benzene rings is 7. The van der Waals surface area contributed by atoms with E-state index in [2.05, 4.69) is 258 Å². The summed E-state index contributed by atoms with van der Waals surface area (Å²) in [5, 5.41) is 2.74. The molecule has 0 N–H and O–H groups in total. The van der Waals surface area contributed by atoms with Crippen LogP contribution in [0, 0.1) is 18.2 Å². The van der Waals surface area contributed by atoms with Crippen LogP contribution in [0.2, 0.25) is 39.3 Å². The van der Waals surface area contributed by atoms with E-state index in [1.165, 1.54) is 60.4 Å². The SMILES string of the molecule is C[Si](C)(C)c1ccc(-c2[c-]cc(CCc3cc(CCc4c[c-]c(-c5ccc([Si](C)(C)C)cn5)cc4)cc(-c4ccccc4-c4c[c-]c(-c5cc(-c6ccc(-c7ccccc7)cc6)ccn5)cc4)c3)cc2)nc1.[Ir+3]. The van der Waals surface area contributed by atoms with Gasteiger partial charge >= 0.3 is 20.1 Å². The van der Waals surface area contributed by atoms with Crippen molar-refractivity contribution in [1.29, 1.82) is 0 Å². The van der Waals surface area contributed by atoms with Crippen LogP contribution in [-0.2, 0) is 45.8 Å². The normalized spacial score (nSPS) is 11.5. The van der Waals surface area contributed by atoms with Crippen LogP contribution in [0.25, 0.3) is 78.3 Å². The molecule has 6 heteroatoms. The van der Waals surface area contributed by atoms with E-state index < -0.39 is 16.1 Å². The summed E-state index contributed by atoms with van der Waals surface area (Å²) in [5.74, 6) is 0. The molecule has 10 aromatic rings. The number of pyridine rings is 3. The Morgan fingerprint density at radius 2 is 0.795 bits per heavy atom. The third-order valence-electron chi connectivity index (χ3n) is 13.7. The number of hydrogen-bond donors (Lipinski definition) is 0. The topological polar surface area (TPSA) is 38.7 Å². The fourth-order valence-electron chi connectivity index (χ4n) is 9.30. The van der Waals surface area contributed by atoms with E-state index in [4.69, 9.17) is 15.0 Å². The summed E-state index contributed by atoms with van der Waals surface area (Å²) in [7, 11) is -2.83. The molecule has 0 fully saturated rings. The first-order valence-electron chi connectivity index (χ1n) is 25.2. The molecule has 0 unspecified atom stereocenters. The summed E-state index contributed by atoms with van der Waals surface area (Å²) >= 11 is 0. The molecule has 0 saturated carbocycles. The van der Waals surface area contributed by atoms with E-state index in [1.54, 1.807) is 0 Å². The first kappa shape index (κ1) is 51.0. The minimum atomic E-state index is -1.41. The molecule has 3 nitrogen and oxygen atoms in total. The summed E-state index contributed by atoms with van der Waals surface area (Å²) in [4.78, 5) is 14.4. The van der Waals surface area contributed by atoms with Crippen LogP contribution in [0.3, 0.4) is 0 Å². The number of hydrogen-bond acceptors (Lipinski definition) is 3. The summed E-state index contributed by atoms with van der Waals surface area (Å²) in [6, 6.07) is 78.6. The molecule has 360 valence electrons. The number of aryl methyl sites for hydroxylation is 4. The Kier molecular flexibility index (Phi) is 15.7. The van der Waals surface area contributed by atoms with E-state index in [0.717, 1.165) is 76.1 Å². The van der Waals surface area contributed by atoms with Gasteiger partial charge in [0.15, 0.2) is 0 Å². The number of nitrogens with zero attached hydrogens (tertiary/aromatic N) is 3. The van der Waals surface area contributed by atoms with Crippen LogP contribution in [-0.4, -0.2) is 31.1 Å². The molecule has 7 aromatic carbocycles. The molecule has 10 rings (SSSR count). The molecular weight excluding hydrogens is 1100 g/mol. The fourth-order valence-corrected chi connectivity index (χ4v) is 11.4. The van der Waals surface area contributed by atoms with Gasteiger partial charge in [0.25, 0.3) is 0 Å². The van der Waals surface area contributed by atoms with Crippen molar-refractivity contribution in [3.63, 3.8) is 0 Å². The van der Waals surface area contributed by atoms with Gasteiger partial charge in [0.1, 0.15) is 0 Å². The molecule has 0 spiro atoms. The van der Waals surface area contributed by atoms with Crippen LogP contribution >= 0.6 is 0 Å². The van der Waals surface area contributed by atoms with Gasteiger partial charge < -0.3 is 15.0 Å². The van der Waals surface area contributed by atoms with Crippen molar-refractivity contribution in [2.24, 2.45) is 0 Å². The smallest absolute Gasteiger partial charge is 0.305 e. The van der Waals surface area contributed by atoms with Gasteiger partial charge in [0, 0.05) is 18.6 Å². The van der Waals surface area contributed by atoms with E-state index in [0.29, 0.717) is 0 Å². The molecule has 0 saturated heterocycles. The summed E-state index contributed by atoms with van der Waals surface area (Å²) in [6.45, 7) is 14.1. The maximum atomic E-state index is 4.82. The Morgan fingerprint density at radius 3 is 1.27 bits per heavy atom. The summed E-state index contributed by atoms with van der Waals surface area (Å²) in [6.07, 6.45) is 9.67. The maximum Gasteiger partial charge on any atom is 3.00 e. The van der Waals surface area contributed by atoms with Gasteiger partial charge in [-0.15, -0.1) is 101 Å². The van der Waals surface area contributed by atoms with Gasteiger partial charge in [-0.05, 0) is 90.9 Å². The zero-order valence-corrected chi connectivity index (χ0v) is 47.0. The van der Waals surface area contributed by atoms with E-state index >= 15 is 0 Å². The third kappa shape index (κ3) is 12.5. The van der Waals surface area contributed by atoms with Gasteiger partial charge in [-0.1, -0.05) is 191 Å². The summed E-state index contributed by atoms with van der Waals surface area (Å²) < 4.78 is 0. The Bertz CT molecular complexity index is 3290. The molecule has 0 aliphatic rings. The Labute approximate surface area is 448 Å². The van der Waals surface area contributed by atoms with Crippen molar-refractivity contribution in [2.75, 3.05) is 0 Å². The Balaban J connectivity index is 0.00000656. The van der Waals surface area contributed by atoms with Crippen molar-refractivity contribution >= 4 is 26.5 Å². The second-order valence-corrected chi connectivity index (χ2v) is 31.2. The molecule has 0 amide bonds. The Morgan fingerprint density at radius 1 is 0.342 bits per heavy atom. The zero-order valence-electron chi connectivity index (χ0n) is 42.6. The predicted molar refractivity (Wildman–Crippen MR) is 308 cm³/mol. The minimum absolute atomic E-state index is 0. The fraction of sp³-hybridized carbons (Fsp3) is 0.149. The molecule has 73 heavy (non-hydrogen) atoms. The van der Waals surface area contributed by atoms with Gasteiger partial charge in [-0.2, -0.15) is 0 Å². The minimum Gasteiger partial charge on any atom is -0.305 e. The van der Waals surface area contributed by atoms with Crippen LogP contribution < -0.4 is 10.4 Å². The van der Waals surface area contributed by atoms with E-state index in [1.807, 2.05) is 6.20 Å². The average molecular weight is 1160 g/mol. The van der Waals surface area contributed by atoms with Crippen LogP contribution in [0.4, 0.5) is 0 Å². The molecule has 0 radical (unpaired) electrons. The van der Waals surface area contributed by atoms with Crippen molar-refractivity contribution in [3.8, 4) is 78.3 Å². The zero-order chi connectivity index (χ0) is 49.7. The monoisotopic (exact) mass is 1160 g/mol. The van der Waals surface area contributed by atoms with Gasteiger partial charge in [-0.25, -0.2) is 0 Å². The van der Waals surface area contributed by atoms with Crippen LogP contribution in [0.15, 0.2) is 207 Å². The molecule has 0 bridgehead atoms. The largest absolute Gasteiger partial charge is 3.00 e. The molecule has 0 aliphatic carbocycles. The molecular formula is C67H60IrN3Si2. The van der Waals surface area contributed by atoms with Crippen molar-refractivity contribution in [2.45, 2.75) is 65.0 Å². The van der Waals surface area contributed by atoms with Crippen LogP contribution in [0.1, 0.15) is 22.3 Å². The predicted octanol–water partition coefficient (Wildman–Crippen LogP) is 15.6. The van der Waals surface area contributed by atoms with Gasteiger partial charge in [0.05, 0.1) is 16.1 Å². The van der Waals surface area contributed by atoms with Crippen molar-refractivity contribution in [3.05, 3.63) is 247 Å². The second kappa shape index (κ2) is 22.5. The maximum absolute atomic E-state index is 4.82. The second-order valence-electron chi connectivity index (χ2n) is 21.0. The average Bonchev–Trinajstić information content (AvgIpc) is 3.42. The number of rotatable bonds is 15. The molecule has 0 atom stereocenters. The molecule has 0 aliphatic heterocycles. The van der Waals surface area contributed by atoms with Crippen molar-refractivity contribution < 1.29 is 20.1 Å². The van der Waals surface area contributed by atoms with Crippen molar-refractivity contribution in [1.82, 2.24) is 15.0 Å². The van der Waals surface area contributed by atoms with Gasteiger partial charge in [0.2, 0.25) is 0 Å². The Hall–Kier alpha value is -6.93.